The number of hydrogen-bond donors (Lipinski definition) is 2. The van der Waals surface area contributed by atoms with Crippen molar-refractivity contribution in [1.82, 2.24) is 19.2 Å². The Kier molecular flexibility index (Phi) is 6.45. The van der Waals surface area contributed by atoms with E-state index in [9.17, 15) is 14.7 Å². The van der Waals surface area contributed by atoms with Crippen LogP contribution >= 0.6 is 0 Å². The number of nitrogens with zero attached hydrogens (tertiary/aromatic N) is 5. The van der Waals surface area contributed by atoms with E-state index in [4.69, 9.17) is 5.73 Å². The van der Waals surface area contributed by atoms with E-state index in [0.717, 1.165) is 36.9 Å². The van der Waals surface area contributed by atoms with Crippen LogP contribution in [-0.2, 0) is 4.79 Å². The lowest BCUT2D eigenvalue weighted by Crippen LogP contribution is -2.43. The van der Waals surface area contributed by atoms with E-state index in [1.807, 2.05) is 67.0 Å². The molecule has 0 atom stereocenters. The predicted octanol–water partition coefficient (Wildman–Crippen LogP) is 5.04. The van der Waals surface area contributed by atoms with Gasteiger partial charge in [-0.3, -0.25) is 9.69 Å². The van der Waals surface area contributed by atoms with Crippen molar-refractivity contribution in [3.05, 3.63) is 60.6 Å². The monoisotopic (exact) mass is 500 g/mol. The van der Waals surface area contributed by atoms with Crippen LogP contribution in [0.15, 0.2) is 55.0 Å². The number of pyridine rings is 1. The lowest BCUT2D eigenvalue weighted by atomic mass is 9.82. The molecular weight excluding hydrogens is 468 g/mol. The van der Waals surface area contributed by atoms with Crippen LogP contribution in [-0.4, -0.2) is 42.2 Å². The Hall–Kier alpha value is -4.14. The lowest BCUT2D eigenvalue weighted by molar-refractivity contribution is -0.124. The number of carboxylic acids is 1. The molecule has 5 rings (SSSR count). The molecule has 0 spiro atoms. The van der Waals surface area contributed by atoms with Crippen molar-refractivity contribution in [1.29, 1.82) is 0 Å². The molecule has 1 fully saturated rings. The first-order chi connectivity index (χ1) is 17.7. The van der Waals surface area contributed by atoms with E-state index < -0.39 is 5.97 Å². The molecule has 1 aliphatic carbocycles. The summed E-state index contributed by atoms with van der Waals surface area (Å²) in [6.45, 7) is 6.00. The Bertz CT molecular complexity index is 1440. The fraction of sp³-hybridized carbons (Fsp3) is 0.357. The number of aromatic carboxylic acids is 1. The van der Waals surface area contributed by atoms with E-state index in [2.05, 4.69) is 17.0 Å². The van der Waals surface area contributed by atoms with Gasteiger partial charge >= 0.3 is 5.97 Å². The Morgan fingerprint density at radius 3 is 2.41 bits per heavy atom. The van der Waals surface area contributed by atoms with Gasteiger partial charge in [-0.1, -0.05) is 19.1 Å². The Morgan fingerprint density at radius 1 is 1.08 bits per heavy atom. The van der Waals surface area contributed by atoms with Crippen LogP contribution in [0.1, 0.15) is 56.8 Å². The van der Waals surface area contributed by atoms with Gasteiger partial charge in [0.1, 0.15) is 5.56 Å². The molecule has 9 nitrogen and oxygen atoms in total. The highest BCUT2D eigenvalue weighted by Crippen LogP contribution is 2.33. The maximum absolute atomic E-state index is 13.5. The molecule has 3 aromatic heterocycles. The van der Waals surface area contributed by atoms with Gasteiger partial charge < -0.3 is 15.2 Å². The molecule has 4 aromatic rings. The Morgan fingerprint density at radius 2 is 1.78 bits per heavy atom. The highest BCUT2D eigenvalue weighted by atomic mass is 16.4. The van der Waals surface area contributed by atoms with Gasteiger partial charge in [0.15, 0.2) is 11.5 Å². The number of amides is 1. The first-order valence-electron chi connectivity index (χ1n) is 12.7. The third kappa shape index (κ3) is 4.69. The van der Waals surface area contributed by atoms with Gasteiger partial charge in [0.2, 0.25) is 5.91 Å². The molecule has 37 heavy (non-hydrogen) atoms. The Labute approximate surface area is 215 Å². The summed E-state index contributed by atoms with van der Waals surface area (Å²) >= 11 is 0. The van der Waals surface area contributed by atoms with Gasteiger partial charge in [0.25, 0.3) is 0 Å². The Balaban J connectivity index is 1.46. The molecule has 1 saturated carbocycles. The van der Waals surface area contributed by atoms with Crippen LogP contribution in [0.25, 0.3) is 22.6 Å². The highest BCUT2D eigenvalue weighted by Gasteiger charge is 2.34. The molecule has 9 heteroatoms. The maximum Gasteiger partial charge on any atom is 0.341 e. The second-order valence-corrected chi connectivity index (χ2v) is 10.2. The predicted molar refractivity (Wildman–Crippen MR) is 143 cm³/mol. The number of carboxylic acid groups (broad SMARTS) is 1. The van der Waals surface area contributed by atoms with Crippen LogP contribution in [0, 0.1) is 11.8 Å². The number of carbonyl (C=O) groups is 2. The molecule has 3 heterocycles. The average molecular weight is 501 g/mol. The minimum Gasteiger partial charge on any atom is -0.477 e. The summed E-state index contributed by atoms with van der Waals surface area (Å²) in [5.41, 5.74) is 9.68. The normalized spacial score (nSPS) is 17.8. The van der Waals surface area contributed by atoms with Crippen molar-refractivity contribution in [2.24, 2.45) is 11.8 Å². The number of carbonyl (C=O) groups excluding carboxylic acids is 1. The van der Waals surface area contributed by atoms with Gasteiger partial charge in [-0.25, -0.2) is 14.5 Å². The molecule has 3 N–H and O–H groups in total. The average Bonchev–Trinajstić information content (AvgIpc) is 3.50. The second kappa shape index (κ2) is 9.72. The van der Waals surface area contributed by atoms with Crippen molar-refractivity contribution in [2.45, 2.75) is 52.5 Å². The molecule has 0 bridgehead atoms. The van der Waals surface area contributed by atoms with Crippen molar-refractivity contribution in [2.75, 3.05) is 10.6 Å². The summed E-state index contributed by atoms with van der Waals surface area (Å²) in [5.74, 6) is -0.464. The van der Waals surface area contributed by atoms with Crippen molar-refractivity contribution < 1.29 is 14.7 Å². The number of nitrogen functional groups attached to an aromatic ring is 1. The minimum atomic E-state index is -1.11. The van der Waals surface area contributed by atoms with E-state index in [0.29, 0.717) is 22.9 Å². The molecule has 1 amide bonds. The molecule has 1 aliphatic rings. The standard InChI is InChI=1S/C28H32N6O3/c1-17(2)34(27(35)20-8-6-18(3)7-9-20)25-22(28(36)37)15-33(31-25)21-12-10-19(11-13-21)24-16-32-14-4-5-23(29)26(32)30-24/h4-5,10-18,20H,6-9,29H2,1-3H3,(H,36,37)/t18-,20-. The van der Waals surface area contributed by atoms with Crippen LogP contribution < -0.4 is 10.6 Å². The first kappa shape index (κ1) is 24.5. The number of hydrogen-bond acceptors (Lipinski definition) is 5. The smallest absolute Gasteiger partial charge is 0.341 e. The minimum absolute atomic E-state index is 0.00568. The summed E-state index contributed by atoms with van der Waals surface area (Å²) in [6, 6.07) is 11.0. The number of imidazole rings is 1. The van der Waals surface area contributed by atoms with Gasteiger partial charge in [-0.05, 0) is 69.7 Å². The molecule has 0 saturated heterocycles. The molecule has 0 radical (unpaired) electrons. The summed E-state index contributed by atoms with van der Waals surface area (Å²) in [4.78, 5) is 31.9. The second-order valence-electron chi connectivity index (χ2n) is 10.2. The SMILES string of the molecule is CC(C)N(c1nn(-c2ccc(-c3cn4cccc(N)c4n3)cc2)cc1C(=O)O)C(=O)[C@H]1CC[C@H](C)CC1. The van der Waals surface area contributed by atoms with Gasteiger partial charge in [0, 0.05) is 36.1 Å². The lowest BCUT2D eigenvalue weighted by Gasteiger charge is -2.32. The molecular formula is C28H32N6O3. The topological polar surface area (TPSA) is 119 Å². The summed E-state index contributed by atoms with van der Waals surface area (Å²) in [5, 5.41) is 14.6. The number of benzene rings is 1. The largest absolute Gasteiger partial charge is 0.477 e. The zero-order valence-corrected chi connectivity index (χ0v) is 21.3. The van der Waals surface area contributed by atoms with E-state index in [1.54, 1.807) is 4.90 Å². The number of anilines is 2. The summed E-state index contributed by atoms with van der Waals surface area (Å²) in [7, 11) is 0. The zero-order chi connectivity index (χ0) is 26.3. The van der Waals surface area contributed by atoms with E-state index in [1.165, 1.54) is 10.9 Å². The van der Waals surface area contributed by atoms with Crippen LogP contribution in [0.3, 0.4) is 0 Å². The van der Waals surface area contributed by atoms with Crippen LogP contribution in [0.2, 0.25) is 0 Å². The van der Waals surface area contributed by atoms with Crippen LogP contribution in [0.5, 0.6) is 0 Å². The van der Waals surface area contributed by atoms with Crippen molar-refractivity contribution >= 4 is 29.0 Å². The zero-order valence-electron chi connectivity index (χ0n) is 21.3. The maximum atomic E-state index is 13.5. The molecule has 192 valence electrons. The number of nitrogens with two attached hydrogens (primary N) is 1. The van der Waals surface area contributed by atoms with Crippen molar-refractivity contribution in [3.63, 3.8) is 0 Å². The van der Waals surface area contributed by atoms with E-state index >= 15 is 0 Å². The first-order valence-corrected chi connectivity index (χ1v) is 12.7. The molecule has 0 unspecified atom stereocenters. The van der Waals surface area contributed by atoms with Gasteiger partial charge in [-0.2, -0.15) is 0 Å². The third-order valence-electron chi connectivity index (χ3n) is 7.21. The number of fused-ring (bicyclic) bond motifs is 1. The number of aromatic nitrogens is 4. The third-order valence-corrected chi connectivity index (χ3v) is 7.21. The van der Waals surface area contributed by atoms with E-state index in [-0.39, 0.29) is 29.2 Å². The van der Waals surface area contributed by atoms with Gasteiger partial charge in [0.05, 0.1) is 17.1 Å². The van der Waals surface area contributed by atoms with Crippen molar-refractivity contribution in [3.8, 4) is 16.9 Å². The molecule has 0 aliphatic heterocycles. The quantitative estimate of drug-likeness (QED) is 0.383. The highest BCUT2D eigenvalue weighted by molar-refractivity contribution is 6.01. The summed E-state index contributed by atoms with van der Waals surface area (Å²) in [6.07, 6.45) is 8.94. The van der Waals surface area contributed by atoms with Crippen LogP contribution in [0.4, 0.5) is 11.5 Å². The fourth-order valence-electron chi connectivity index (χ4n) is 5.09. The molecule has 1 aromatic carbocycles. The number of rotatable bonds is 6. The summed E-state index contributed by atoms with van der Waals surface area (Å²) < 4.78 is 3.40. The van der Waals surface area contributed by atoms with Gasteiger partial charge in [-0.15, -0.1) is 5.10 Å². The fourth-order valence-corrected chi connectivity index (χ4v) is 5.09.